The van der Waals surface area contributed by atoms with E-state index < -0.39 is 0 Å². The minimum atomic E-state index is -0.281. The van der Waals surface area contributed by atoms with Crippen LogP contribution in [0.25, 0.3) is 0 Å². The molecule has 1 N–H and O–H groups in total. The minimum Gasteiger partial charge on any atom is -0.322 e. The number of carbonyl (C=O) groups is 1. The minimum absolute atomic E-state index is 0.0818. The lowest BCUT2D eigenvalue weighted by atomic mass is 10.3. The summed E-state index contributed by atoms with van der Waals surface area (Å²) in [6.45, 7) is 5.63. The van der Waals surface area contributed by atoms with E-state index in [9.17, 15) is 4.79 Å². The number of aryl methyl sites for hydroxylation is 2. The Morgan fingerprint density at radius 2 is 2.00 bits per heavy atom. The number of hydrogen-bond acceptors (Lipinski definition) is 5. The third-order valence-electron chi connectivity index (χ3n) is 2.95. The Bertz CT molecular complexity index is 611. The highest BCUT2D eigenvalue weighted by Crippen LogP contribution is 2.22. The van der Waals surface area contributed by atoms with E-state index in [0.717, 1.165) is 17.1 Å². The Morgan fingerprint density at radius 1 is 1.35 bits per heavy atom. The zero-order chi connectivity index (χ0) is 14.7. The monoisotopic (exact) mass is 291 g/mol. The summed E-state index contributed by atoms with van der Waals surface area (Å²) in [5.74, 6) is -0.0818. The highest BCUT2D eigenvalue weighted by atomic mass is 32.2. The van der Waals surface area contributed by atoms with Crippen LogP contribution < -0.4 is 5.32 Å². The van der Waals surface area contributed by atoms with Crippen molar-refractivity contribution in [3.8, 4) is 0 Å². The standard InChI is InChI=1S/C13H17N5OS/c1-8-11(9(2)18(4)17-8)16-12(19)10(3)20-13-14-6-5-7-15-13/h5-7,10H,1-4H3,(H,16,19)/t10-/m0/s1. The van der Waals surface area contributed by atoms with Crippen molar-refractivity contribution in [3.63, 3.8) is 0 Å². The number of rotatable bonds is 4. The van der Waals surface area contributed by atoms with Crippen LogP contribution in [0.4, 0.5) is 5.69 Å². The Labute approximate surface area is 122 Å². The molecule has 1 amide bonds. The van der Waals surface area contributed by atoms with Gasteiger partial charge in [0.2, 0.25) is 5.91 Å². The SMILES string of the molecule is Cc1nn(C)c(C)c1NC(=O)[C@H](C)Sc1ncccn1. The summed E-state index contributed by atoms with van der Waals surface area (Å²) < 4.78 is 1.75. The fraction of sp³-hybridized carbons (Fsp3) is 0.385. The van der Waals surface area contributed by atoms with Gasteiger partial charge in [0.05, 0.1) is 22.3 Å². The normalized spacial score (nSPS) is 12.2. The van der Waals surface area contributed by atoms with Crippen molar-refractivity contribution < 1.29 is 4.79 Å². The van der Waals surface area contributed by atoms with Gasteiger partial charge in [0.1, 0.15) is 0 Å². The zero-order valence-corrected chi connectivity index (χ0v) is 12.7. The van der Waals surface area contributed by atoms with Gasteiger partial charge in [0, 0.05) is 19.4 Å². The van der Waals surface area contributed by atoms with Gasteiger partial charge in [-0.3, -0.25) is 9.48 Å². The molecule has 0 fully saturated rings. The molecule has 0 unspecified atom stereocenters. The Morgan fingerprint density at radius 3 is 2.55 bits per heavy atom. The van der Waals surface area contributed by atoms with Crippen LogP contribution in [0.2, 0.25) is 0 Å². The van der Waals surface area contributed by atoms with Crippen molar-refractivity contribution in [1.82, 2.24) is 19.7 Å². The van der Waals surface area contributed by atoms with Crippen molar-refractivity contribution in [2.24, 2.45) is 7.05 Å². The molecule has 0 saturated heterocycles. The van der Waals surface area contributed by atoms with E-state index in [0.29, 0.717) is 5.16 Å². The number of amides is 1. The molecule has 2 aromatic rings. The third-order valence-corrected chi connectivity index (χ3v) is 3.94. The molecular formula is C13H17N5OS. The molecule has 7 heteroatoms. The van der Waals surface area contributed by atoms with E-state index in [2.05, 4.69) is 20.4 Å². The maximum absolute atomic E-state index is 12.2. The van der Waals surface area contributed by atoms with E-state index in [1.807, 2.05) is 27.8 Å². The van der Waals surface area contributed by atoms with Crippen LogP contribution in [-0.4, -0.2) is 30.9 Å². The topological polar surface area (TPSA) is 72.7 Å². The summed E-state index contributed by atoms with van der Waals surface area (Å²) in [6.07, 6.45) is 3.32. The van der Waals surface area contributed by atoms with Crippen LogP contribution in [0.15, 0.2) is 23.6 Å². The molecule has 106 valence electrons. The van der Waals surface area contributed by atoms with Crippen molar-refractivity contribution in [3.05, 3.63) is 29.8 Å². The van der Waals surface area contributed by atoms with Gasteiger partial charge in [-0.25, -0.2) is 9.97 Å². The Hall–Kier alpha value is -1.89. The number of thioether (sulfide) groups is 1. The first-order valence-corrected chi connectivity index (χ1v) is 7.11. The van der Waals surface area contributed by atoms with E-state index in [-0.39, 0.29) is 11.2 Å². The number of nitrogens with one attached hydrogen (secondary N) is 1. The number of hydrogen-bond donors (Lipinski definition) is 1. The average molecular weight is 291 g/mol. The van der Waals surface area contributed by atoms with Gasteiger partial charge in [0.25, 0.3) is 0 Å². The lowest BCUT2D eigenvalue weighted by Gasteiger charge is -2.11. The third kappa shape index (κ3) is 3.16. The number of nitrogens with zero attached hydrogens (tertiary/aromatic N) is 4. The fourth-order valence-electron chi connectivity index (χ4n) is 1.74. The molecule has 6 nitrogen and oxygen atoms in total. The van der Waals surface area contributed by atoms with E-state index in [1.165, 1.54) is 11.8 Å². The number of aromatic nitrogens is 4. The molecule has 2 heterocycles. The molecule has 0 bridgehead atoms. The second-order valence-electron chi connectivity index (χ2n) is 4.45. The molecule has 0 saturated carbocycles. The van der Waals surface area contributed by atoms with Crippen molar-refractivity contribution >= 4 is 23.4 Å². The number of anilines is 1. The second-order valence-corrected chi connectivity index (χ2v) is 5.76. The van der Waals surface area contributed by atoms with Crippen LogP contribution in [0.3, 0.4) is 0 Å². The van der Waals surface area contributed by atoms with Crippen molar-refractivity contribution in [2.45, 2.75) is 31.2 Å². The lowest BCUT2D eigenvalue weighted by Crippen LogP contribution is -2.23. The molecule has 0 aromatic carbocycles. The first-order valence-electron chi connectivity index (χ1n) is 6.23. The van der Waals surface area contributed by atoms with Crippen molar-refractivity contribution in [2.75, 3.05) is 5.32 Å². The van der Waals surface area contributed by atoms with Gasteiger partial charge < -0.3 is 5.32 Å². The molecule has 2 aromatic heterocycles. The molecule has 0 spiro atoms. The van der Waals surface area contributed by atoms with Gasteiger partial charge in [-0.15, -0.1) is 0 Å². The van der Waals surface area contributed by atoms with Crippen LogP contribution in [-0.2, 0) is 11.8 Å². The molecule has 1 atom stereocenters. The molecular weight excluding hydrogens is 274 g/mol. The summed E-state index contributed by atoms with van der Waals surface area (Å²) in [6, 6.07) is 1.75. The highest BCUT2D eigenvalue weighted by Gasteiger charge is 2.19. The number of carbonyl (C=O) groups excluding carboxylic acids is 1. The summed E-state index contributed by atoms with van der Waals surface area (Å²) in [5.41, 5.74) is 2.52. The van der Waals surface area contributed by atoms with Gasteiger partial charge in [-0.1, -0.05) is 11.8 Å². The predicted molar refractivity (Wildman–Crippen MR) is 78.7 cm³/mol. The van der Waals surface area contributed by atoms with Crippen LogP contribution in [0, 0.1) is 13.8 Å². The maximum Gasteiger partial charge on any atom is 0.237 e. The molecule has 0 aliphatic rings. The van der Waals surface area contributed by atoms with Crippen LogP contribution in [0.1, 0.15) is 18.3 Å². The molecule has 0 aliphatic carbocycles. The predicted octanol–water partition coefficient (Wildman–Crippen LogP) is 1.95. The molecule has 2 rings (SSSR count). The average Bonchev–Trinajstić information content (AvgIpc) is 2.66. The van der Waals surface area contributed by atoms with Gasteiger partial charge in [0.15, 0.2) is 5.16 Å². The van der Waals surface area contributed by atoms with Crippen LogP contribution >= 0.6 is 11.8 Å². The second kappa shape index (κ2) is 6.04. The van der Waals surface area contributed by atoms with Gasteiger partial charge >= 0.3 is 0 Å². The summed E-state index contributed by atoms with van der Waals surface area (Å²) in [4.78, 5) is 20.4. The highest BCUT2D eigenvalue weighted by molar-refractivity contribution is 8.00. The van der Waals surface area contributed by atoms with Gasteiger partial charge in [-0.05, 0) is 26.8 Å². The Kier molecular flexibility index (Phi) is 4.39. The quantitative estimate of drug-likeness (QED) is 0.688. The first-order chi connectivity index (χ1) is 9.49. The summed E-state index contributed by atoms with van der Waals surface area (Å²) in [7, 11) is 1.86. The van der Waals surface area contributed by atoms with Gasteiger partial charge in [-0.2, -0.15) is 5.10 Å². The first kappa shape index (κ1) is 14.5. The fourth-order valence-corrected chi connectivity index (χ4v) is 2.46. The lowest BCUT2D eigenvalue weighted by molar-refractivity contribution is -0.115. The summed E-state index contributed by atoms with van der Waals surface area (Å²) in [5, 5.41) is 7.51. The van der Waals surface area contributed by atoms with E-state index in [1.54, 1.807) is 23.1 Å². The van der Waals surface area contributed by atoms with E-state index >= 15 is 0 Å². The van der Waals surface area contributed by atoms with Crippen molar-refractivity contribution in [1.29, 1.82) is 0 Å². The Balaban J connectivity index is 2.04. The van der Waals surface area contributed by atoms with E-state index in [4.69, 9.17) is 0 Å². The molecule has 20 heavy (non-hydrogen) atoms. The smallest absolute Gasteiger partial charge is 0.237 e. The largest absolute Gasteiger partial charge is 0.322 e. The maximum atomic E-state index is 12.2. The molecule has 0 radical (unpaired) electrons. The summed E-state index contributed by atoms with van der Waals surface area (Å²) >= 11 is 1.33. The zero-order valence-electron chi connectivity index (χ0n) is 11.9. The molecule has 0 aliphatic heterocycles. The van der Waals surface area contributed by atoms with Crippen LogP contribution in [0.5, 0.6) is 0 Å².